The summed E-state index contributed by atoms with van der Waals surface area (Å²) in [5, 5.41) is 9.40. The van der Waals surface area contributed by atoms with Crippen molar-refractivity contribution >= 4 is 23.5 Å². The number of amides is 1. The van der Waals surface area contributed by atoms with Crippen LogP contribution in [0, 0.1) is 24.2 Å². The number of nitrogens with zero attached hydrogens (tertiary/aromatic N) is 3. The number of carbonyl (C=O) groups is 1. The largest absolute Gasteiger partial charge is 0.271 e. The Kier molecular flexibility index (Phi) is 3.63. The van der Waals surface area contributed by atoms with Crippen molar-refractivity contribution in [2.24, 2.45) is 15.9 Å². The fraction of sp³-hybridized carbons (Fsp3) is 0.111. The fourth-order valence-electron chi connectivity index (χ4n) is 2.34. The van der Waals surface area contributed by atoms with Crippen LogP contribution in [-0.2, 0) is 4.79 Å². The average Bonchev–Trinajstić information content (AvgIpc) is 2.54. The molecule has 1 aliphatic carbocycles. The summed E-state index contributed by atoms with van der Waals surface area (Å²) in [7, 11) is 0. The van der Waals surface area contributed by atoms with E-state index in [1.54, 1.807) is 24.3 Å². The smallest absolute Gasteiger partial charge is 0.260 e. The topological polar surface area (TPSA) is 65.6 Å². The van der Waals surface area contributed by atoms with Crippen LogP contribution < -0.4 is 0 Å². The zero-order valence-electron chi connectivity index (χ0n) is 12.0. The lowest BCUT2D eigenvalue weighted by Gasteiger charge is -2.17. The number of amidine groups is 1. The SMILES string of the molecule is Cc1ccccc1/C=C(/C#N)C1=NC(=O)C2C=CC=CC2=N1. The average molecular weight is 287 g/mol. The first kappa shape index (κ1) is 13.9. The summed E-state index contributed by atoms with van der Waals surface area (Å²) in [6.07, 6.45) is 8.88. The predicted octanol–water partition coefficient (Wildman–Crippen LogP) is 3.02. The Labute approximate surface area is 128 Å². The molecule has 106 valence electrons. The van der Waals surface area contributed by atoms with E-state index in [-0.39, 0.29) is 17.3 Å². The van der Waals surface area contributed by atoms with Gasteiger partial charge in [0.05, 0.1) is 11.3 Å². The molecule has 3 rings (SSSR count). The van der Waals surface area contributed by atoms with E-state index in [0.717, 1.165) is 11.1 Å². The summed E-state index contributed by atoms with van der Waals surface area (Å²) < 4.78 is 0. The van der Waals surface area contributed by atoms with Gasteiger partial charge in [0.2, 0.25) is 0 Å². The van der Waals surface area contributed by atoms with Crippen LogP contribution in [0.1, 0.15) is 11.1 Å². The van der Waals surface area contributed by atoms with Gasteiger partial charge in [-0.15, -0.1) is 0 Å². The number of rotatable bonds is 2. The van der Waals surface area contributed by atoms with Crippen LogP contribution in [0.25, 0.3) is 6.08 Å². The molecule has 1 unspecified atom stereocenters. The molecule has 1 aromatic carbocycles. The van der Waals surface area contributed by atoms with E-state index >= 15 is 0 Å². The van der Waals surface area contributed by atoms with Gasteiger partial charge in [-0.1, -0.05) is 42.5 Å². The highest BCUT2D eigenvalue weighted by Gasteiger charge is 2.27. The van der Waals surface area contributed by atoms with Crippen LogP contribution in [0.5, 0.6) is 0 Å². The van der Waals surface area contributed by atoms with Gasteiger partial charge in [0.1, 0.15) is 12.0 Å². The van der Waals surface area contributed by atoms with Crippen LogP contribution in [0.4, 0.5) is 0 Å². The van der Waals surface area contributed by atoms with Crippen molar-refractivity contribution in [1.82, 2.24) is 0 Å². The molecule has 4 heteroatoms. The molecule has 1 heterocycles. The third kappa shape index (κ3) is 2.57. The van der Waals surface area contributed by atoms with E-state index in [1.165, 1.54) is 0 Å². The Balaban J connectivity index is 2.02. The molecule has 0 aromatic heterocycles. The van der Waals surface area contributed by atoms with Crippen LogP contribution in [0.15, 0.2) is 64.1 Å². The molecule has 0 N–H and O–H groups in total. The number of allylic oxidation sites excluding steroid dienone is 3. The van der Waals surface area contributed by atoms with Gasteiger partial charge in [-0.2, -0.15) is 10.3 Å². The molecule has 0 fully saturated rings. The van der Waals surface area contributed by atoms with E-state index in [4.69, 9.17) is 0 Å². The van der Waals surface area contributed by atoms with Crippen LogP contribution in [0.2, 0.25) is 0 Å². The molecule has 0 saturated carbocycles. The first-order valence-corrected chi connectivity index (χ1v) is 6.93. The van der Waals surface area contributed by atoms with Crippen LogP contribution >= 0.6 is 0 Å². The number of carbonyl (C=O) groups excluding carboxylic acids is 1. The van der Waals surface area contributed by atoms with E-state index in [9.17, 15) is 10.1 Å². The van der Waals surface area contributed by atoms with Gasteiger partial charge >= 0.3 is 0 Å². The number of aryl methyl sites for hydroxylation is 1. The van der Waals surface area contributed by atoms with Crippen molar-refractivity contribution in [3.8, 4) is 6.07 Å². The zero-order valence-corrected chi connectivity index (χ0v) is 12.0. The van der Waals surface area contributed by atoms with Crippen molar-refractivity contribution < 1.29 is 4.79 Å². The molecule has 22 heavy (non-hydrogen) atoms. The summed E-state index contributed by atoms with van der Waals surface area (Å²) in [6.45, 7) is 1.96. The Morgan fingerprint density at radius 1 is 1.27 bits per heavy atom. The first-order valence-electron chi connectivity index (χ1n) is 6.93. The van der Waals surface area contributed by atoms with Gasteiger partial charge in [-0.25, -0.2) is 4.99 Å². The second-order valence-electron chi connectivity index (χ2n) is 5.06. The monoisotopic (exact) mass is 287 g/mol. The number of hydrogen-bond donors (Lipinski definition) is 0. The van der Waals surface area contributed by atoms with Crippen LogP contribution in [0.3, 0.4) is 0 Å². The predicted molar refractivity (Wildman–Crippen MR) is 86.4 cm³/mol. The number of benzene rings is 1. The number of aliphatic imine (C=N–C) groups is 2. The maximum Gasteiger partial charge on any atom is 0.260 e. The highest BCUT2D eigenvalue weighted by atomic mass is 16.1. The molecule has 0 spiro atoms. The lowest BCUT2D eigenvalue weighted by atomic mass is 9.96. The van der Waals surface area contributed by atoms with Gasteiger partial charge in [-0.3, -0.25) is 4.79 Å². The first-order chi connectivity index (χ1) is 10.7. The van der Waals surface area contributed by atoms with Crippen molar-refractivity contribution in [1.29, 1.82) is 5.26 Å². The second-order valence-corrected chi connectivity index (χ2v) is 5.06. The van der Waals surface area contributed by atoms with Crippen molar-refractivity contribution in [3.05, 3.63) is 65.3 Å². The summed E-state index contributed by atoms with van der Waals surface area (Å²) in [6, 6.07) is 9.81. The molecule has 2 aliphatic rings. The minimum Gasteiger partial charge on any atom is -0.271 e. The molecule has 1 aliphatic heterocycles. The maximum atomic E-state index is 12.1. The molecule has 0 radical (unpaired) electrons. The van der Waals surface area contributed by atoms with E-state index in [0.29, 0.717) is 5.71 Å². The van der Waals surface area contributed by atoms with Crippen molar-refractivity contribution in [3.63, 3.8) is 0 Å². The van der Waals surface area contributed by atoms with Gasteiger partial charge in [0.15, 0.2) is 5.84 Å². The normalized spacial score (nSPS) is 20.1. The lowest BCUT2D eigenvalue weighted by Crippen LogP contribution is -2.27. The molecule has 0 saturated heterocycles. The van der Waals surface area contributed by atoms with E-state index in [2.05, 4.69) is 16.1 Å². The maximum absolute atomic E-state index is 12.1. The lowest BCUT2D eigenvalue weighted by molar-refractivity contribution is -0.118. The molecule has 1 aromatic rings. The zero-order chi connectivity index (χ0) is 15.5. The minimum absolute atomic E-state index is 0.182. The standard InChI is InChI=1S/C18H13N3O/c1-12-6-2-3-7-13(12)10-14(11-19)17-20-16-9-5-4-8-15(16)18(22)21-17/h2-10,15H,1H3/b14-10-. The van der Waals surface area contributed by atoms with E-state index < -0.39 is 5.92 Å². The molecule has 0 bridgehead atoms. The molecule has 1 amide bonds. The Hall–Kier alpha value is -3.06. The summed E-state index contributed by atoms with van der Waals surface area (Å²) in [4.78, 5) is 20.4. The number of fused-ring (bicyclic) bond motifs is 1. The Morgan fingerprint density at radius 3 is 2.86 bits per heavy atom. The summed E-state index contributed by atoms with van der Waals surface area (Å²) in [5.41, 5.74) is 2.87. The number of nitriles is 1. The van der Waals surface area contributed by atoms with Crippen molar-refractivity contribution in [2.45, 2.75) is 6.92 Å². The molecule has 4 nitrogen and oxygen atoms in total. The van der Waals surface area contributed by atoms with Gasteiger partial charge in [-0.05, 0) is 30.2 Å². The number of hydrogen-bond acceptors (Lipinski definition) is 3. The third-order valence-electron chi connectivity index (χ3n) is 3.57. The van der Waals surface area contributed by atoms with Crippen LogP contribution in [-0.4, -0.2) is 17.5 Å². The molecule has 1 atom stereocenters. The highest BCUT2D eigenvalue weighted by Crippen LogP contribution is 2.20. The van der Waals surface area contributed by atoms with Gasteiger partial charge in [0.25, 0.3) is 5.91 Å². The quantitative estimate of drug-likeness (QED) is 0.785. The molecular weight excluding hydrogens is 274 g/mol. The second kappa shape index (κ2) is 5.74. The summed E-state index contributed by atoms with van der Waals surface area (Å²) >= 11 is 0. The Morgan fingerprint density at radius 2 is 2.09 bits per heavy atom. The fourth-order valence-corrected chi connectivity index (χ4v) is 2.34. The van der Waals surface area contributed by atoms with Gasteiger partial charge in [0, 0.05) is 0 Å². The third-order valence-corrected chi connectivity index (χ3v) is 3.57. The summed E-state index contributed by atoms with van der Waals surface area (Å²) in [5.74, 6) is -0.527. The van der Waals surface area contributed by atoms with E-state index in [1.807, 2.05) is 37.3 Å². The van der Waals surface area contributed by atoms with Crippen molar-refractivity contribution in [2.75, 3.05) is 0 Å². The molecular formula is C18H13N3O. The highest BCUT2D eigenvalue weighted by molar-refractivity contribution is 6.26. The minimum atomic E-state index is -0.424. The van der Waals surface area contributed by atoms with Gasteiger partial charge < -0.3 is 0 Å². The Bertz CT molecular complexity index is 832.